The van der Waals surface area contributed by atoms with E-state index >= 15 is 0 Å². The van der Waals surface area contributed by atoms with Gasteiger partial charge in [-0.1, -0.05) is 60.7 Å². The van der Waals surface area contributed by atoms with Crippen LogP contribution >= 0.6 is 11.8 Å². The van der Waals surface area contributed by atoms with Gasteiger partial charge in [0.25, 0.3) is 0 Å². The van der Waals surface area contributed by atoms with Crippen molar-refractivity contribution in [3.05, 3.63) is 107 Å². The first kappa shape index (κ1) is 22.6. The summed E-state index contributed by atoms with van der Waals surface area (Å²) < 4.78 is 1.99. The molecule has 0 bridgehead atoms. The average Bonchev–Trinajstić information content (AvgIpc) is 3.51. The second kappa shape index (κ2) is 9.95. The van der Waals surface area contributed by atoms with Gasteiger partial charge in [-0.15, -0.1) is 22.0 Å². The Morgan fingerprint density at radius 2 is 1.63 bits per heavy atom. The number of aryl methyl sites for hydroxylation is 2. The molecule has 35 heavy (non-hydrogen) atoms. The molecule has 8 heteroatoms. The standard InChI is InChI=1S/C27H23N7S/c1-19-7-6-8-20(2)25(19)34-27(35-18-23-9-4-3-5-10-23)24(16-29-34)26-30-32-33(31-26)17-22-13-11-21(15-28)12-14-22/h3-14,16H,17-18H2,1-2H3. The minimum Gasteiger partial charge on any atom is -0.226 e. The molecule has 2 aromatic heterocycles. The van der Waals surface area contributed by atoms with Crippen molar-refractivity contribution in [3.63, 3.8) is 0 Å². The number of aromatic nitrogens is 6. The third kappa shape index (κ3) is 4.86. The van der Waals surface area contributed by atoms with Crippen molar-refractivity contribution >= 4 is 11.8 Å². The van der Waals surface area contributed by atoms with Crippen LogP contribution in [-0.2, 0) is 12.3 Å². The molecule has 5 rings (SSSR count). The summed E-state index contributed by atoms with van der Waals surface area (Å²) in [5, 5.41) is 28.0. The number of nitriles is 1. The Bertz CT molecular complexity index is 1470. The fourth-order valence-electron chi connectivity index (χ4n) is 3.92. The fourth-order valence-corrected chi connectivity index (χ4v) is 4.98. The monoisotopic (exact) mass is 477 g/mol. The lowest BCUT2D eigenvalue weighted by Crippen LogP contribution is -2.04. The predicted molar refractivity (Wildman–Crippen MR) is 136 cm³/mol. The third-order valence-corrected chi connectivity index (χ3v) is 6.84. The molecule has 0 unspecified atom stereocenters. The highest BCUT2D eigenvalue weighted by Crippen LogP contribution is 2.35. The van der Waals surface area contributed by atoms with Gasteiger partial charge in [0.1, 0.15) is 5.03 Å². The number of rotatable bonds is 7. The van der Waals surface area contributed by atoms with Crippen molar-refractivity contribution in [2.45, 2.75) is 31.2 Å². The zero-order valence-electron chi connectivity index (χ0n) is 19.5. The third-order valence-electron chi connectivity index (χ3n) is 5.70. The lowest BCUT2D eigenvalue weighted by atomic mass is 10.1. The normalized spacial score (nSPS) is 10.9. The molecule has 0 radical (unpaired) electrons. The van der Waals surface area contributed by atoms with Crippen molar-refractivity contribution in [1.29, 1.82) is 5.26 Å². The molecular formula is C27H23N7S. The van der Waals surface area contributed by atoms with Gasteiger partial charge in [-0.25, -0.2) is 4.68 Å². The van der Waals surface area contributed by atoms with Gasteiger partial charge in [0, 0.05) is 5.75 Å². The van der Waals surface area contributed by atoms with Gasteiger partial charge in [0.2, 0.25) is 5.82 Å². The van der Waals surface area contributed by atoms with Gasteiger partial charge in [0.15, 0.2) is 0 Å². The summed E-state index contributed by atoms with van der Waals surface area (Å²) in [7, 11) is 0. The molecule has 172 valence electrons. The molecule has 2 heterocycles. The highest BCUT2D eigenvalue weighted by atomic mass is 32.2. The van der Waals surface area contributed by atoms with E-state index in [1.54, 1.807) is 28.7 Å². The van der Waals surface area contributed by atoms with Crippen LogP contribution in [0, 0.1) is 25.2 Å². The van der Waals surface area contributed by atoms with Gasteiger partial charge in [0.05, 0.1) is 35.6 Å². The van der Waals surface area contributed by atoms with Gasteiger partial charge >= 0.3 is 0 Å². The number of tetrazole rings is 1. The van der Waals surface area contributed by atoms with Crippen LogP contribution in [0.4, 0.5) is 0 Å². The van der Waals surface area contributed by atoms with Gasteiger partial charge in [-0.2, -0.15) is 15.2 Å². The molecular weight excluding hydrogens is 454 g/mol. The Balaban J connectivity index is 1.50. The average molecular weight is 478 g/mol. The first-order valence-electron chi connectivity index (χ1n) is 11.2. The number of hydrogen-bond donors (Lipinski definition) is 0. The lowest BCUT2D eigenvalue weighted by Gasteiger charge is -2.13. The van der Waals surface area contributed by atoms with Crippen LogP contribution in [0.3, 0.4) is 0 Å². The SMILES string of the molecule is Cc1cccc(C)c1-n1ncc(-c2nnn(Cc3ccc(C#N)cc3)n2)c1SCc1ccccc1. The smallest absolute Gasteiger partial charge is 0.209 e. The maximum Gasteiger partial charge on any atom is 0.209 e. The zero-order chi connectivity index (χ0) is 24.2. The molecule has 0 aliphatic rings. The van der Waals surface area contributed by atoms with E-state index in [1.807, 2.05) is 29.1 Å². The quantitative estimate of drug-likeness (QED) is 0.294. The van der Waals surface area contributed by atoms with Crippen LogP contribution in [0.15, 0.2) is 84.0 Å². The second-order valence-electron chi connectivity index (χ2n) is 8.24. The highest BCUT2D eigenvalue weighted by molar-refractivity contribution is 7.98. The first-order chi connectivity index (χ1) is 17.1. The Hall–Kier alpha value is -4.22. The van der Waals surface area contributed by atoms with Crippen molar-refractivity contribution in [3.8, 4) is 23.1 Å². The van der Waals surface area contributed by atoms with Gasteiger partial charge in [-0.3, -0.25) is 0 Å². The molecule has 0 aliphatic heterocycles. The maximum absolute atomic E-state index is 9.01. The number of thioether (sulfide) groups is 1. The van der Waals surface area contributed by atoms with E-state index in [2.05, 4.69) is 77.8 Å². The summed E-state index contributed by atoms with van der Waals surface area (Å²) in [5.41, 5.74) is 7.07. The summed E-state index contributed by atoms with van der Waals surface area (Å²) >= 11 is 1.71. The first-order valence-corrected chi connectivity index (χ1v) is 12.2. The van der Waals surface area contributed by atoms with Crippen molar-refractivity contribution in [2.24, 2.45) is 0 Å². The van der Waals surface area contributed by atoms with Crippen LogP contribution in [0.25, 0.3) is 17.1 Å². The minimum atomic E-state index is 0.468. The van der Waals surface area contributed by atoms with E-state index in [-0.39, 0.29) is 0 Å². The van der Waals surface area contributed by atoms with Crippen LogP contribution in [0.2, 0.25) is 0 Å². The Labute approximate surface area is 208 Å². The maximum atomic E-state index is 9.01. The van der Waals surface area contributed by atoms with Crippen LogP contribution in [0.1, 0.15) is 27.8 Å². The summed E-state index contributed by atoms with van der Waals surface area (Å²) in [5.74, 6) is 1.33. The van der Waals surface area contributed by atoms with E-state index in [1.165, 1.54) is 5.56 Å². The Morgan fingerprint density at radius 1 is 0.886 bits per heavy atom. The second-order valence-corrected chi connectivity index (χ2v) is 9.21. The van der Waals surface area contributed by atoms with Crippen molar-refractivity contribution in [2.75, 3.05) is 0 Å². The lowest BCUT2D eigenvalue weighted by molar-refractivity contribution is 0.573. The summed E-state index contributed by atoms with van der Waals surface area (Å²) in [6.07, 6.45) is 1.82. The molecule has 0 fully saturated rings. The summed E-state index contributed by atoms with van der Waals surface area (Å²) in [4.78, 5) is 1.57. The number of para-hydroxylation sites is 1. The van der Waals surface area contributed by atoms with Crippen LogP contribution in [0.5, 0.6) is 0 Å². The molecule has 3 aromatic carbocycles. The molecule has 0 saturated heterocycles. The largest absolute Gasteiger partial charge is 0.226 e. The van der Waals surface area contributed by atoms with E-state index in [0.717, 1.165) is 38.7 Å². The fraction of sp³-hybridized carbons (Fsp3) is 0.148. The van der Waals surface area contributed by atoms with Crippen molar-refractivity contribution in [1.82, 2.24) is 30.0 Å². The number of benzene rings is 3. The topological polar surface area (TPSA) is 85.2 Å². The van der Waals surface area contributed by atoms with E-state index in [0.29, 0.717) is 17.9 Å². The molecule has 0 atom stereocenters. The molecule has 0 aliphatic carbocycles. The summed E-state index contributed by atoms with van der Waals surface area (Å²) in [6.45, 7) is 4.67. The molecule has 7 nitrogen and oxygen atoms in total. The zero-order valence-corrected chi connectivity index (χ0v) is 20.3. The molecule has 0 saturated carbocycles. The Morgan fingerprint density at radius 3 is 2.34 bits per heavy atom. The molecule has 5 aromatic rings. The Kier molecular flexibility index (Phi) is 6.42. The van der Waals surface area contributed by atoms with Crippen LogP contribution in [-0.4, -0.2) is 30.0 Å². The number of hydrogen-bond acceptors (Lipinski definition) is 6. The van der Waals surface area contributed by atoms with Gasteiger partial charge in [-0.05, 0) is 53.4 Å². The van der Waals surface area contributed by atoms with Crippen LogP contribution < -0.4 is 0 Å². The number of nitrogens with zero attached hydrogens (tertiary/aromatic N) is 7. The predicted octanol–water partition coefficient (Wildman–Crippen LogP) is 5.35. The molecule has 0 amide bonds. The molecule has 0 N–H and O–H groups in total. The van der Waals surface area contributed by atoms with Crippen molar-refractivity contribution < 1.29 is 0 Å². The minimum absolute atomic E-state index is 0.468. The van der Waals surface area contributed by atoms with E-state index < -0.39 is 0 Å². The highest BCUT2D eigenvalue weighted by Gasteiger charge is 2.20. The molecule has 0 spiro atoms. The van der Waals surface area contributed by atoms with E-state index in [4.69, 9.17) is 10.4 Å². The van der Waals surface area contributed by atoms with E-state index in [9.17, 15) is 0 Å². The van der Waals surface area contributed by atoms with Gasteiger partial charge < -0.3 is 0 Å². The summed E-state index contributed by atoms with van der Waals surface area (Å²) in [6, 6.07) is 26.2.